The first-order valence-corrected chi connectivity index (χ1v) is 15.9. The molecule has 1 atom stereocenters. The minimum Gasteiger partial charge on any atom is -0.493 e. The molecule has 0 radical (unpaired) electrons. The highest BCUT2D eigenvalue weighted by Gasteiger charge is 2.38. The van der Waals surface area contributed by atoms with E-state index < -0.39 is 49.3 Å². The lowest BCUT2D eigenvalue weighted by Crippen LogP contribution is -2.32. The highest BCUT2D eigenvalue weighted by Crippen LogP contribution is 2.47. The molecule has 0 bridgehead atoms. The van der Waals surface area contributed by atoms with Crippen LogP contribution in [0.5, 0.6) is 17.2 Å². The summed E-state index contributed by atoms with van der Waals surface area (Å²) < 4.78 is 82.0. The quantitative estimate of drug-likeness (QED) is 0.154. The first kappa shape index (κ1) is 30.5. The minimum absolute atomic E-state index is 0.0765. The fraction of sp³-hybridized carbons (Fsp3) is 0.226. The van der Waals surface area contributed by atoms with Crippen LogP contribution in [0, 0.1) is 17.5 Å². The third-order valence-corrected chi connectivity index (χ3v) is 9.31. The van der Waals surface area contributed by atoms with Gasteiger partial charge in [-0.15, -0.1) is 0 Å². The molecular weight excluding hydrogens is 635 g/mol. The third-order valence-electron chi connectivity index (χ3n) is 7.95. The molecule has 0 saturated heterocycles. The summed E-state index contributed by atoms with van der Waals surface area (Å²) in [5.41, 5.74) is 0.805. The van der Waals surface area contributed by atoms with E-state index >= 15 is 8.78 Å². The van der Waals surface area contributed by atoms with Crippen molar-refractivity contribution >= 4 is 38.3 Å². The largest absolute Gasteiger partial charge is 0.493 e. The first-order valence-electron chi connectivity index (χ1n) is 13.7. The lowest BCUT2D eigenvalue weighted by Gasteiger charge is -2.36. The number of ether oxygens (including phenoxy) is 2. The molecule has 0 unspecified atom stereocenters. The van der Waals surface area contributed by atoms with Crippen molar-refractivity contribution in [2.45, 2.75) is 36.5 Å². The van der Waals surface area contributed by atoms with Gasteiger partial charge in [0, 0.05) is 52.2 Å². The summed E-state index contributed by atoms with van der Waals surface area (Å²) in [7, 11) is -4.11. The zero-order valence-corrected chi connectivity index (χ0v) is 25.4. The van der Waals surface area contributed by atoms with Crippen LogP contribution in [0.15, 0.2) is 53.7 Å². The van der Waals surface area contributed by atoms with Crippen molar-refractivity contribution in [3.05, 3.63) is 88.1 Å². The summed E-state index contributed by atoms with van der Waals surface area (Å²) in [5.74, 6) is -4.93. The number of nitrogens with zero attached hydrogens (tertiary/aromatic N) is 1. The van der Waals surface area contributed by atoms with Gasteiger partial charge in [0.2, 0.25) is 5.82 Å². The Hall–Kier alpha value is -4.49. The van der Waals surface area contributed by atoms with Crippen LogP contribution in [-0.2, 0) is 26.5 Å². The van der Waals surface area contributed by atoms with Gasteiger partial charge >= 0.3 is 5.97 Å². The van der Waals surface area contributed by atoms with Crippen molar-refractivity contribution in [1.82, 2.24) is 15.0 Å². The van der Waals surface area contributed by atoms with Gasteiger partial charge in [0.05, 0.1) is 17.7 Å². The Morgan fingerprint density at radius 3 is 2.69 bits per heavy atom. The molecule has 2 aromatic heterocycles. The smallest absolute Gasteiger partial charge is 0.303 e. The number of carboxylic acid groups (broad SMARTS) is 1. The number of halogens is 4. The maximum atomic E-state index is 15.2. The molecule has 3 heterocycles. The Kier molecular flexibility index (Phi) is 7.56. The molecule has 0 spiro atoms. The maximum absolute atomic E-state index is 15.2. The van der Waals surface area contributed by atoms with Crippen LogP contribution in [0.25, 0.3) is 22.3 Å². The van der Waals surface area contributed by atoms with Crippen molar-refractivity contribution in [1.29, 1.82) is 0 Å². The number of hydrogen-bond donors (Lipinski definition) is 3. The van der Waals surface area contributed by atoms with E-state index in [-0.39, 0.29) is 40.9 Å². The predicted molar refractivity (Wildman–Crippen MR) is 159 cm³/mol. The third kappa shape index (κ3) is 5.39. The van der Waals surface area contributed by atoms with E-state index in [9.17, 15) is 22.7 Å². The number of aliphatic carboxylic acids is 1. The highest BCUT2D eigenvalue weighted by atomic mass is 35.5. The summed E-state index contributed by atoms with van der Waals surface area (Å²) in [6.07, 6.45) is 4.25. The average molecular weight is 660 g/mol. The number of fused-ring (bicyclic) bond motifs is 2. The van der Waals surface area contributed by atoms with Crippen molar-refractivity contribution in [2.75, 3.05) is 12.9 Å². The normalized spacial score (nSPS) is 16.4. The molecule has 5 aromatic rings. The van der Waals surface area contributed by atoms with E-state index in [1.165, 1.54) is 24.5 Å². The second kappa shape index (κ2) is 11.1. The summed E-state index contributed by atoms with van der Waals surface area (Å²) in [6, 6.07) is 8.10. The molecule has 0 aliphatic carbocycles. The Morgan fingerprint density at radius 1 is 1.18 bits per heavy atom. The van der Waals surface area contributed by atoms with E-state index in [4.69, 9.17) is 21.1 Å². The summed E-state index contributed by atoms with van der Waals surface area (Å²) in [6.45, 7) is 2.24. The van der Waals surface area contributed by atoms with Crippen LogP contribution in [0.2, 0.25) is 5.02 Å². The first-order chi connectivity index (χ1) is 21.3. The van der Waals surface area contributed by atoms with Crippen LogP contribution < -0.4 is 9.47 Å². The molecule has 6 rings (SSSR count). The molecule has 9 nitrogen and oxygen atoms in total. The summed E-state index contributed by atoms with van der Waals surface area (Å²) >= 11 is 6.42. The number of aromatic amines is 2. The molecule has 3 aromatic carbocycles. The van der Waals surface area contributed by atoms with Crippen LogP contribution >= 0.6 is 11.6 Å². The van der Waals surface area contributed by atoms with Crippen molar-refractivity contribution in [3.8, 4) is 28.6 Å². The Labute approximate surface area is 259 Å². The van der Waals surface area contributed by atoms with Crippen LogP contribution in [0.4, 0.5) is 13.2 Å². The second-order valence-corrected chi connectivity index (χ2v) is 13.4. The average Bonchev–Trinajstić information content (AvgIpc) is 3.66. The Balaban J connectivity index is 1.39. The molecule has 3 N–H and O–H groups in total. The maximum Gasteiger partial charge on any atom is 0.303 e. The second-order valence-electron chi connectivity index (χ2n) is 11.0. The van der Waals surface area contributed by atoms with Gasteiger partial charge in [0.25, 0.3) is 0 Å². The lowest BCUT2D eigenvalue weighted by molar-refractivity contribution is -0.136. The topological polar surface area (TPSA) is 134 Å². The number of aromatic nitrogens is 3. The van der Waals surface area contributed by atoms with Gasteiger partial charge in [-0.1, -0.05) is 11.6 Å². The van der Waals surface area contributed by atoms with Gasteiger partial charge < -0.3 is 24.5 Å². The van der Waals surface area contributed by atoms with E-state index in [1.807, 2.05) is 6.92 Å². The lowest BCUT2D eigenvalue weighted by atomic mass is 9.74. The number of carbonyl (C=O) groups is 1. The van der Waals surface area contributed by atoms with E-state index in [1.54, 1.807) is 12.1 Å². The number of H-pyrrole nitrogens is 2. The fourth-order valence-corrected chi connectivity index (χ4v) is 6.94. The zero-order chi connectivity index (χ0) is 32.3. The summed E-state index contributed by atoms with van der Waals surface area (Å²) in [4.78, 5) is 20.7. The number of sulfone groups is 1. The Bertz CT molecular complexity index is 2110. The minimum atomic E-state index is -4.11. The molecular formula is C31H25ClF3N3O6S. The highest BCUT2D eigenvalue weighted by molar-refractivity contribution is 7.91. The molecule has 1 aliphatic rings. The number of imidazole rings is 1. The number of nitrogens with one attached hydrogen (secondary N) is 2. The predicted octanol–water partition coefficient (Wildman–Crippen LogP) is 6.93. The number of benzene rings is 3. The van der Waals surface area contributed by atoms with E-state index in [0.717, 1.165) is 18.4 Å². The van der Waals surface area contributed by atoms with Crippen molar-refractivity contribution < 1.29 is 41.0 Å². The van der Waals surface area contributed by atoms with Crippen LogP contribution in [0.3, 0.4) is 0 Å². The van der Waals surface area contributed by atoms with Gasteiger partial charge in [-0.05, 0) is 61.7 Å². The molecule has 234 valence electrons. The molecule has 0 fully saturated rings. The van der Waals surface area contributed by atoms with Gasteiger partial charge in [0.1, 0.15) is 28.0 Å². The molecule has 0 amide bonds. The van der Waals surface area contributed by atoms with E-state index in [0.29, 0.717) is 40.6 Å². The summed E-state index contributed by atoms with van der Waals surface area (Å²) in [5, 5.41) is 9.49. The SMILES string of the molecule is C[C@@]1(c2cnc(-c3cc(Oc4c(F)c(F)c5[nH]ccc5c4S(C)(=O)=O)ccc3F)[nH]2)CCOc2c(CCC(=O)O)cc(Cl)cc21. The number of carboxylic acids is 1. The van der Waals surface area contributed by atoms with Gasteiger partial charge in [-0.25, -0.2) is 22.2 Å². The van der Waals surface area contributed by atoms with Gasteiger partial charge in [-0.2, -0.15) is 4.39 Å². The number of hydrogen-bond acceptors (Lipinski definition) is 6. The molecule has 14 heteroatoms. The molecule has 0 saturated carbocycles. The van der Waals surface area contributed by atoms with Crippen molar-refractivity contribution in [2.24, 2.45) is 0 Å². The zero-order valence-electron chi connectivity index (χ0n) is 23.8. The van der Waals surface area contributed by atoms with Gasteiger partial charge in [0.15, 0.2) is 21.4 Å². The van der Waals surface area contributed by atoms with Crippen molar-refractivity contribution in [3.63, 3.8) is 0 Å². The van der Waals surface area contributed by atoms with Gasteiger partial charge in [-0.3, -0.25) is 4.79 Å². The standard InChI is InChI=1S/C31H25ClF3N3O6S/c1-31(8-10-43-27-15(3-6-23(39)40)11-16(32)12-20(27)31)22-14-37-30(38-22)19-13-17(4-5-21(19)33)44-28-25(35)24(34)26-18(7-9-36-26)29(28)45(2,41)42/h4-5,7,9,11-14,36H,3,6,8,10H2,1-2H3,(H,37,38)(H,39,40)/t31-/m1/s1. The van der Waals surface area contributed by atoms with Crippen LogP contribution in [0.1, 0.15) is 36.6 Å². The monoisotopic (exact) mass is 659 g/mol. The molecule has 45 heavy (non-hydrogen) atoms. The number of rotatable bonds is 8. The van der Waals surface area contributed by atoms with E-state index in [2.05, 4.69) is 15.0 Å². The fourth-order valence-electron chi connectivity index (χ4n) is 5.67. The molecule has 1 aliphatic heterocycles. The number of aryl methyl sites for hydroxylation is 1. The Morgan fingerprint density at radius 2 is 1.96 bits per heavy atom. The van der Waals surface area contributed by atoms with Crippen LogP contribution in [-0.4, -0.2) is 47.3 Å².